The molecule has 0 atom stereocenters. The predicted octanol–water partition coefficient (Wildman–Crippen LogP) is 2.26. The summed E-state index contributed by atoms with van der Waals surface area (Å²) in [4.78, 5) is 0. The van der Waals surface area contributed by atoms with Gasteiger partial charge in [-0.05, 0) is 23.5 Å². The normalized spacial score (nSPS) is 11.7. The van der Waals surface area contributed by atoms with Crippen LogP contribution in [0.1, 0.15) is 25.0 Å². The molecule has 1 aromatic rings. The van der Waals surface area contributed by atoms with E-state index in [1.165, 1.54) is 11.1 Å². The van der Waals surface area contributed by atoms with Crippen molar-refractivity contribution in [3.05, 3.63) is 42.3 Å². The standard InChI is InChI=1S/C11H16N/c1-11(2,3)10-6-4-5-9(7-10)8-12/h4-7H,1,8,12H2,2-3H3. The highest BCUT2D eigenvalue weighted by molar-refractivity contribution is 5.29. The summed E-state index contributed by atoms with van der Waals surface area (Å²) in [5, 5.41) is 0. The second-order valence-electron chi connectivity index (χ2n) is 3.79. The molecule has 0 saturated carbocycles. The molecule has 0 bridgehead atoms. The van der Waals surface area contributed by atoms with E-state index in [1.807, 2.05) is 12.1 Å². The minimum atomic E-state index is -0.0226. The van der Waals surface area contributed by atoms with E-state index in [9.17, 15) is 0 Å². The summed E-state index contributed by atoms with van der Waals surface area (Å²) in [7, 11) is 0. The summed E-state index contributed by atoms with van der Waals surface area (Å²) in [5.41, 5.74) is 7.93. The van der Waals surface area contributed by atoms with Crippen LogP contribution in [0, 0.1) is 6.92 Å². The van der Waals surface area contributed by atoms with Gasteiger partial charge in [0.1, 0.15) is 0 Å². The van der Waals surface area contributed by atoms with Gasteiger partial charge in [0.15, 0.2) is 0 Å². The fraction of sp³-hybridized carbons (Fsp3) is 0.364. The third kappa shape index (κ3) is 2.08. The van der Waals surface area contributed by atoms with Gasteiger partial charge in [0, 0.05) is 6.54 Å². The molecule has 0 amide bonds. The molecule has 0 unspecified atom stereocenters. The van der Waals surface area contributed by atoms with Crippen LogP contribution in [0.25, 0.3) is 0 Å². The summed E-state index contributed by atoms with van der Waals surface area (Å²) < 4.78 is 0. The van der Waals surface area contributed by atoms with E-state index in [-0.39, 0.29) is 5.41 Å². The summed E-state index contributed by atoms with van der Waals surface area (Å²) in [6.45, 7) is 8.88. The van der Waals surface area contributed by atoms with E-state index in [2.05, 4.69) is 32.9 Å². The smallest absolute Gasteiger partial charge is 0.0178 e. The third-order valence-electron chi connectivity index (χ3n) is 1.94. The first-order chi connectivity index (χ1) is 5.54. The van der Waals surface area contributed by atoms with Gasteiger partial charge >= 0.3 is 0 Å². The first-order valence-electron chi connectivity index (χ1n) is 4.19. The number of hydrogen-bond acceptors (Lipinski definition) is 1. The van der Waals surface area contributed by atoms with Gasteiger partial charge in [-0.2, -0.15) is 0 Å². The van der Waals surface area contributed by atoms with Crippen molar-refractivity contribution in [1.82, 2.24) is 0 Å². The molecule has 0 aromatic heterocycles. The molecule has 0 heterocycles. The molecule has 0 aliphatic carbocycles. The molecule has 1 rings (SSSR count). The molecule has 12 heavy (non-hydrogen) atoms. The minimum absolute atomic E-state index is 0.0226. The van der Waals surface area contributed by atoms with Crippen LogP contribution in [0.4, 0.5) is 0 Å². The van der Waals surface area contributed by atoms with E-state index in [0.29, 0.717) is 6.54 Å². The fourth-order valence-corrected chi connectivity index (χ4v) is 1.12. The van der Waals surface area contributed by atoms with Crippen molar-refractivity contribution in [2.45, 2.75) is 25.8 Å². The minimum Gasteiger partial charge on any atom is -0.326 e. The topological polar surface area (TPSA) is 26.0 Å². The molecular weight excluding hydrogens is 146 g/mol. The van der Waals surface area contributed by atoms with Gasteiger partial charge in [-0.3, -0.25) is 0 Å². The molecule has 2 N–H and O–H groups in total. The van der Waals surface area contributed by atoms with Crippen LogP contribution in [-0.2, 0) is 12.0 Å². The van der Waals surface area contributed by atoms with Crippen molar-refractivity contribution in [2.24, 2.45) is 5.73 Å². The lowest BCUT2D eigenvalue weighted by Crippen LogP contribution is -2.12. The average molecular weight is 162 g/mol. The van der Waals surface area contributed by atoms with E-state index in [0.717, 1.165) is 0 Å². The van der Waals surface area contributed by atoms with Gasteiger partial charge < -0.3 is 5.73 Å². The summed E-state index contributed by atoms with van der Waals surface area (Å²) in [5.74, 6) is 0. The van der Waals surface area contributed by atoms with Gasteiger partial charge in [-0.15, -0.1) is 0 Å². The zero-order chi connectivity index (χ0) is 9.19. The molecule has 0 spiro atoms. The first kappa shape index (κ1) is 9.27. The van der Waals surface area contributed by atoms with Gasteiger partial charge in [0.05, 0.1) is 0 Å². The average Bonchev–Trinajstić information content (AvgIpc) is 2.03. The van der Waals surface area contributed by atoms with Crippen molar-refractivity contribution < 1.29 is 0 Å². The fourth-order valence-electron chi connectivity index (χ4n) is 1.12. The van der Waals surface area contributed by atoms with Crippen LogP contribution in [-0.4, -0.2) is 0 Å². The Kier molecular flexibility index (Phi) is 2.53. The highest BCUT2D eigenvalue weighted by Gasteiger charge is 2.12. The van der Waals surface area contributed by atoms with E-state index in [4.69, 9.17) is 5.73 Å². The maximum atomic E-state index is 5.54. The first-order valence-corrected chi connectivity index (χ1v) is 4.19. The Balaban J connectivity index is 3.02. The van der Waals surface area contributed by atoms with Crippen molar-refractivity contribution in [3.63, 3.8) is 0 Å². The van der Waals surface area contributed by atoms with Crippen molar-refractivity contribution in [1.29, 1.82) is 0 Å². The molecule has 1 radical (unpaired) electrons. The lowest BCUT2D eigenvalue weighted by molar-refractivity contribution is 0.663. The Morgan fingerprint density at radius 1 is 1.42 bits per heavy atom. The summed E-state index contributed by atoms with van der Waals surface area (Å²) in [6.07, 6.45) is 0. The maximum absolute atomic E-state index is 5.54. The monoisotopic (exact) mass is 162 g/mol. The second kappa shape index (κ2) is 3.28. The Morgan fingerprint density at radius 2 is 2.08 bits per heavy atom. The summed E-state index contributed by atoms with van der Waals surface area (Å²) in [6, 6.07) is 8.28. The summed E-state index contributed by atoms with van der Waals surface area (Å²) >= 11 is 0. The maximum Gasteiger partial charge on any atom is 0.0178 e. The SMILES string of the molecule is [CH2]C(C)(C)c1cccc(CN)c1. The number of benzene rings is 1. The molecule has 0 aliphatic rings. The number of nitrogens with two attached hydrogens (primary N) is 1. The van der Waals surface area contributed by atoms with Gasteiger partial charge in [0.2, 0.25) is 0 Å². The van der Waals surface area contributed by atoms with E-state index < -0.39 is 0 Å². The molecule has 0 fully saturated rings. The molecule has 1 aromatic carbocycles. The molecule has 1 heteroatoms. The number of hydrogen-bond donors (Lipinski definition) is 1. The quantitative estimate of drug-likeness (QED) is 0.709. The highest BCUT2D eigenvalue weighted by atomic mass is 14.5. The highest BCUT2D eigenvalue weighted by Crippen LogP contribution is 2.21. The lowest BCUT2D eigenvalue weighted by atomic mass is 9.86. The van der Waals surface area contributed by atoms with E-state index in [1.54, 1.807) is 0 Å². The van der Waals surface area contributed by atoms with E-state index >= 15 is 0 Å². The Labute approximate surface area is 74.6 Å². The molecule has 1 nitrogen and oxygen atoms in total. The van der Waals surface area contributed by atoms with Crippen molar-refractivity contribution >= 4 is 0 Å². The van der Waals surface area contributed by atoms with Crippen molar-refractivity contribution in [3.8, 4) is 0 Å². The van der Waals surface area contributed by atoms with Crippen LogP contribution in [0.3, 0.4) is 0 Å². The van der Waals surface area contributed by atoms with Crippen molar-refractivity contribution in [2.75, 3.05) is 0 Å². The second-order valence-corrected chi connectivity index (χ2v) is 3.79. The van der Waals surface area contributed by atoms with Gasteiger partial charge in [0.25, 0.3) is 0 Å². The van der Waals surface area contributed by atoms with Crippen LogP contribution in [0.15, 0.2) is 24.3 Å². The third-order valence-corrected chi connectivity index (χ3v) is 1.94. The van der Waals surface area contributed by atoms with Gasteiger partial charge in [-0.25, -0.2) is 0 Å². The van der Waals surface area contributed by atoms with Crippen LogP contribution >= 0.6 is 0 Å². The molecule has 65 valence electrons. The van der Waals surface area contributed by atoms with Crippen LogP contribution in [0.2, 0.25) is 0 Å². The molecular formula is C11H16N. The Hall–Kier alpha value is -0.820. The Morgan fingerprint density at radius 3 is 2.58 bits per heavy atom. The Bertz CT molecular complexity index is 258. The molecule has 0 saturated heterocycles. The van der Waals surface area contributed by atoms with Crippen LogP contribution in [0.5, 0.6) is 0 Å². The zero-order valence-corrected chi connectivity index (χ0v) is 7.80. The largest absolute Gasteiger partial charge is 0.326 e. The van der Waals surface area contributed by atoms with Gasteiger partial charge in [-0.1, -0.05) is 38.1 Å². The number of rotatable bonds is 2. The molecule has 0 aliphatic heterocycles. The predicted molar refractivity (Wildman–Crippen MR) is 52.7 cm³/mol. The van der Waals surface area contributed by atoms with Crippen LogP contribution < -0.4 is 5.73 Å². The lowest BCUT2D eigenvalue weighted by Gasteiger charge is -2.19. The zero-order valence-electron chi connectivity index (χ0n) is 7.80.